The molecule has 1 saturated carbocycles. The highest BCUT2D eigenvalue weighted by Crippen LogP contribution is 2.27. The fourth-order valence-corrected chi connectivity index (χ4v) is 3.73. The summed E-state index contributed by atoms with van der Waals surface area (Å²) in [5, 5.41) is 0. The Labute approximate surface area is 161 Å². The van der Waals surface area contributed by atoms with Crippen molar-refractivity contribution in [3.63, 3.8) is 0 Å². The Balaban J connectivity index is 1.72. The standard InChI is InChI=1S/C23H27NO3/c1-17-10-9-15-21(18(17)2)23(26)27-16-22(25)24(19-11-5-3-6-12-19)20-13-7-4-8-14-20/h3,5-6,9-12,15,20H,4,7-8,13-14,16H2,1-2H3. The van der Waals surface area contributed by atoms with E-state index in [9.17, 15) is 9.59 Å². The third-order valence-electron chi connectivity index (χ3n) is 5.39. The zero-order chi connectivity index (χ0) is 19.2. The van der Waals surface area contributed by atoms with Crippen molar-refractivity contribution in [1.29, 1.82) is 0 Å². The number of carbonyl (C=O) groups excluding carboxylic acids is 2. The Morgan fingerprint density at radius 3 is 2.37 bits per heavy atom. The van der Waals surface area contributed by atoms with Crippen molar-refractivity contribution in [2.24, 2.45) is 0 Å². The molecule has 3 rings (SSSR count). The van der Waals surface area contributed by atoms with Crippen molar-refractivity contribution in [1.82, 2.24) is 0 Å². The second kappa shape index (κ2) is 8.85. The van der Waals surface area contributed by atoms with Crippen molar-refractivity contribution in [2.45, 2.75) is 52.0 Å². The van der Waals surface area contributed by atoms with Gasteiger partial charge in [-0.05, 0) is 56.0 Å². The smallest absolute Gasteiger partial charge is 0.338 e. The lowest BCUT2D eigenvalue weighted by molar-refractivity contribution is -0.122. The van der Waals surface area contributed by atoms with E-state index >= 15 is 0 Å². The first-order valence-corrected chi connectivity index (χ1v) is 9.68. The van der Waals surface area contributed by atoms with Gasteiger partial charge in [-0.2, -0.15) is 0 Å². The molecule has 0 atom stereocenters. The van der Waals surface area contributed by atoms with Gasteiger partial charge in [0.15, 0.2) is 6.61 Å². The Bertz CT molecular complexity index is 795. The van der Waals surface area contributed by atoms with Crippen LogP contribution in [-0.2, 0) is 9.53 Å². The maximum atomic E-state index is 13.0. The SMILES string of the molecule is Cc1cccc(C(=O)OCC(=O)N(c2ccccc2)C2CCCCC2)c1C. The van der Waals surface area contributed by atoms with Crippen LogP contribution in [0, 0.1) is 13.8 Å². The maximum absolute atomic E-state index is 13.0. The molecule has 0 bridgehead atoms. The van der Waals surface area contributed by atoms with E-state index in [0.29, 0.717) is 5.56 Å². The van der Waals surface area contributed by atoms with Crippen molar-refractivity contribution >= 4 is 17.6 Å². The number of esters is 1. The van der Waals surface area contributed by atoms with Crippen LogP contribution >= 0.6 is 0 Å². The monoisotopic (exact) mass is 365 g/mol. The van der Waals surface area contributed by atoms with E-state index in [-0.39, 0.29) is 18.6 Å². The highest BCUT2D eigenvalue weighted by Gasteiger charge is 2.27. The molecule has 0 N–H and O–H groups in total. The normalized spacial score (nSPS) is 14.6. The molecule has 0 spiro atoms. The van der Waals surface area contributed by atoms with Gasteiger partial charge in [-0.25, -0.2) is 4.79 Å². The molecule has 0 radical (unpaired) electrons. The van der Waals surface area contributed by atoms with E-state index in [1.165, 1.54) is 6.42 Å². The predicted molar refractivity (Wildman–Crippen MR) is 107 cm³/mol. The van der Waals surface area contributed by atoms with Gasteiger partial charge in [0.2, 0.25) is 0 Å². The summed E-state index contributed by atoms with van der Waals surface area (Å²) in [6, 6.07) is 15.4. The Hall–Kier alpha value is -2.62. The Morgan fingerprint density at radius 2 is 1.67 bits per heavy atom. The van der Waals surface area contributed by atoms with Crippen LogP contribution in [0.3, 0.4) is 0 Å². The minimum atomic E-state index is -0.443. The van der Waals surface area contributed by atoms with Crippen LogP contribution in [0.5, 0.6) is 0 Å². The van der Waals surface area contributed by atoms with Crippen molar-refractivity contribution in [3.05, 3.63) is 65.2 Å². The average molecular weight is 365 g/mol. The van der Waals surface area contributed by atoms with E-state index < -0.39 is 5.97 Å². The number of benzene rings is 2. The zero-order valence-electron chi connectivity index (χ0n) is 16.1. The van der Waals surface area contributed by atoms with Crippen molar-refractivity contribution in [3.8, 4) is 0 Å². The summed E-state index contributed by atoms with van der Waals surface area (Å²) in [5.41, 5.74) is 3.31. The van der Waals surface area contributed by atoms with Crippen LogP contribution in [0.15, 0.2) is 48.5 Å². The first-order valence-electron chi connectivity index (χ1n) is 9.68. The highest BCUT2D eigenvalue weighted by molar-refractivity contribution is 5.98. The van der Waals surface area contributed by atoms with E-state index in [2.05, 4.69) is 0 Å². The van der Waals surface area contributed by atoms with Gasteiger partial charge >= 0.3 is 5.97 Å². The molecule has 1 fully saturated rings. The molecule has 0 unspecified atom stereocenters. The first kappa shape index (κ1) is 19.2. The van der Waals surface area contributed by atoms with Gasteiger partial charge in [0.05, 0.1) is 5.56 Å². The topological polar surface area (TPSA) is 46.6 Å². The molecule has 1 aliphatic carbocycles. The summed E-state index contributed by atoms with van der Waals surface area (Å²) in [4.78, 5) is 27.3. The number of carbonyl (C=O) groups is 2. The molecular formula is C23H27NO3. The van der Waals surface area contributed by atoms with Gasteiger partial charge in [0.1, 0.15) is 0 Å². The minimum Gasteiger partial charge on any atom is -0.452 e. The minimum absolute atomic E-state index is 0.160. The van der Waals surface area contributed by atoms with E-state index in [0.717, 1.165) is 42.5 Å². The third kappa shape index (κ3) is 4.57. The lowest BCUT2D eigenvalue weighted by atomic mass is 9.93. The lowest BCUT2D eigenvalue weighted by Crippen LogP contribution is -2.43. The fourth-order valence-electron chi connectivity index (χ4n) is 3.73. The van der Waals surface area contributed by atoms with E-state index in [4.69, 9.17) is 4.74 Å². The third-order valence-corrected chi connectivity index (χ3v) is 5.39. The van der Waals surface area contributed by atoms with Crippen LogP contribution in [0.1, 0.15) is 53.6 Å². The Kier molecular flexibility index (Phi) is 6.28. The van der Waals surface area contributed by atoms with Gasteiger partial charge in [-0.15, -0.1) is 0 Å². The predicted octanol–water partition coefficient (Wildman–Crippen LogP) is 4.83. The molecule has 27 heavy (non-hydrogen) atoms. The summed E-state index contributed by atoms with van der Waals surface area (Å²) in [6.07, 6.45) is 5.46. The number of hydrogen-bond donors (Lipinski definition) is 0. The average Bonchev–Trinajstić information content (AvgIpc) is 2.70. The van der Waals surface area contributed by atoms with Gasteiger partial charge < -0.3 is 9.64 Å². The summed E-state index contributed by atoms with van der Waals surface area (Å²) < 4.78 is 5.39. The highest BCUT2D eigenvalue weighted by atomic mass is 16.5. The second-order valence-corrected chi connectivity index (χ2v) is 7.21. The Morgan fingerprint density at radius 1 is 0.963 bits per heavy atom. The molecule has 142 valence electrons. The van der Waals surface area contributed by atoms with Gasteiger partial charge in [-0.1, -0.05) is 49.6 Å². The maximum Gasteiger partial charge on any atom is 0.338 e. The van der Waals surface area contributed by atoms with Crippen molar-refractivity contribution < 1.29 is 14.3 Å². The molecule has 1 amide bonds. The van der Waals surface area contributed by atoms with Gasteiger partial charge in [-0.3, -0.25) is 4.79 Å². The molecule has 2 aromatic rings. The van der Waals surface area contributed by atoms with Crippen LogP contribution < -0.4 is 4.90 Å². The number of anilines is 1. The number of ether oxygens (including phenoxy) is 1. The largest absolute Gasteiger partial charge is 0.452 e. The van der Waals surface area contributed by atoms with Gasteiger partial charge in [0, 0.05) is 11.7 Å². The van der Waals surface area contributed by atoms with Crippen LogP contribution in [0.4, 0.5) is 5.69 Å². The molecule has 0 aliphatic heterocycles. The number of amides is 1. The molecule has 4 nitrogen and oxygen atoms in total. The molecular weight excluding hydrogens is 338 g/mol. The second-order valence-electron chi connectivity index (χ2n) is 7.21. The fraction of sp³-hybridized carbons (Fsp3) is 0.391. The quantitative estimate of drug-likeness (QED) is 0.713. The summed E-state index contributed by atoms with van der Waals surface area (Å²) in [6.45, 7) is 3.61. The number of nitrogens with zero attached hydrogens (tertiary/aromatic N) is 1. The number of aryl methyl sites for hydroxylation is 1. The molecule has 0 saturated heterocycles. The summed E-state index contributed by atoms with van der Waals surface area (Å²) >= 11 is 0. The molecule has 1 aliphatic rings. The van der Waals surface area contributed by atoms with Crippen molar-refractivity contribution in [2.75, 3.05) is 11.5 Å². The molecule has 4 heteroatoms. The molecule has 0 heterocycles. The number of rotatable bonds is 5. The van der Waals surface area contributed by atoms with Gasteiger partial charge in [0.25, 0.3) is 5.91 Å². The van der Waals surface area contributed by atoms with Crippen LogP contribution in [-0.4, -0.2) is 24.5 Å². The number of hydrogen-bond acceptors (Lipinski definition) is 3. The van der Waals surface area contributed by atoms with E-state index in [1.807, 2.05) is 61.2 Å². The first-order chi connectivity index (χ1) is 13.1. The molecule has 2 aromatic carbocycles. The number of para-hydroxylation sites is 1. The summed E-state index contributed by atoms with van der Waals surface area (Å²) in [5.74, 6) is -0.604. The summed E-state index contributed by atoms with van der Waals surface area (Å²) in [7, 11) is 0. The lowest BCUT2D eigenvalue weighted by Gasteiger charge is -2.34. The molecule has 0 aromatic heterocycles. The van der Waals surface area contributed by atoms with Crippen LogP contribution in [0.2, 0.25) is 0 Å². The zero-order valence-corrected chi connectivity index (χ0v) is 16.1. The van der Waals surface area contributed by atoms with Crippen LogP contribution in [0.25, 0.3) is 0 Å². The van der Waals surface area contributed by atoms with E-state index in [1.54, 1.807) is 6.07 Å².